The van der Waals surface area contributed by atoms with Crippen LogP contribution < -0.4 is 10.2 Å². The Morgan fingerprint density at radius 2 is 1.68 bits per heavy atom. The average Bonchev–Trinajstić information content (AvgIpc) is 3.44. The van der Waals surface area contributed by atoms with Crippen LogP contribution in [0.4, 0.5) is 14.5 Å². The fourth-order valence-electron chi connectivity index (χ4n) is 6.44. The molecule has 7 heteroatoms. The maximum absolute atomic E-state index is 14.0. The molecule has 0 unspecified atom stereocenters. The molecule has 0 bridgehead atoms. The van der Waals surface area contributed by atoms with Gasteiger partial charge in [0, 0.05) is 18.5 Å². The number of amides is 1. The predicted molar refractivity (Wildman–Crippen MR) is 140 cm³/mol. The van der Waals surface area contributed by atoms with E-state index in [1.165, 1.54) is 18.7 Å². The zero-order chi connectivity index (χ0) is 26.5. The lowest BCUT2D eigenvalue weighted by molar-refractivity contribution is 0.0600. The molecule has 3 aliphatic rings. The predicted octanol–water partition coefficient (Wildman–Crippen LogP) is 6.00. The Kier molecular flexibility index (Phi) is 5.97. The van der Waals surface area contributed by atoms with E-state index in [0.717, 1.165) is 62.4 Å². The quantitative estimate of drug-likeness (QED) is 0.408. The molecule has 2 fully saturated rings. The summed E-state index contributed by atoms with van der Waals surface area (Å²) < 4.78 is 32.4. The summed E-state index contributed by atoms with van der Waals surface area (Å²) in [5, 5.41) is 3.28. The summed E-state index contributed by atoms with van der Waals surface area (Å²) in [6.45, 7) is 1.15. The van der Waals surface area contributed by atoms with Gasteiger partial charge in [0.05, 0.1) is 29.5 Å². The van der Waals surface area contributed by atoms with Crippen molar-refractivity contribution in [2.24, 2.45) is 0 Å². The highest BCUT2D eigenvalue weighted by Crippen LogP contribution is 2.52. The molecule has 196 valence electrons. The number of esters is 1. The van der Waals surface area contributed by atoms with Crippen LogP contribution in [0.25, 0.3) is 0 Å². The number of nitrogens with one attached hydrogen (secondary N) is 1. The van der Waals surface area contributed by atoms with E-state index in [9.17, 15) is 18.4 Å². The molecule has 1 aliphatic heterocycles. The number of carbonyl (C=O) groups excluding carboxylic acids is 2. The van der Waals surface area contributed by atoms with Crippen molar-refractivity contribution in [2.75, 3.05) is 18.6 Å². The summed E-state index contributed by atoms with van der Waals surface area (Å²) in [7, 11) is 1.35. The molecule has 0 saturated heterocycles. The number of benzene rings is 3. The number of hydrogen-bond acceptors (Lipinski definition) is 4. The summed E-state index contributed by atoms with van der Waals surface area (Å²) in [5.74, 6) is -2.27. The second-order valence-electron chi connectivity index (χ2n) is 10.9. The van der Waals surface area contributed by atoms with E-state index in [0.29, 0.717) is 23.2 Å². The van der Waals surface area contributed by atoms with Crippen LogP contribution in [-0.2, 0) is 22.2 Å². The first-order valence-corrected chi connectivity index (χ1v) is 13.2. The zero-order valence-electron chi connectivity index (χ0n) is 21.4. The lowest BCUT2D eigenvalue weighted by Crippen LogP contribution is -2.36. The van der Waals surface area contributed by atoms with Gasteiger partial charge in [0.15, 0.2) is 11.6 Å². The van der Waals surface area contributed by atoms with Crippen molar-refractivity contribution in [2.45, 2.75) is 56.0 Å². The van der Waals surface area contributed by atoms with Crippen LogP contribution in [0.5, 0.6) is 0 Å². The van der Waals surface area contributed by atoms with Crippen LogP contribution in [-0.4, -0.2) is 25.5 Å². The van der Waals surface area contributed by atoms with Crippen LogP contribution in [0.15, 0.2) is 60.7 Å². The van der Waals surface area contributed by atoms with Gasteiger partial charge in [-0.05, 0) is 72.7 Å². The number of ether oxygens (including phenoxy) is 1. The van der Waals surface area contributed by atoms with Gasteiger partial charge in [0.2, 0.25) is 0 Å². The van der Waals surface area contributed by atoms with Crippen molar-refractivity contribution >= 4 is 17.6 Å². The number of rotatable bonds is 6. The molecule has 0 radical (unpaired) electrons. The van der Waals surface area contributed by atoms with Gasteiger partial charge in [-0.2, -0.15) is 0 Å². The van der Waals surface area contributed by atoms with E-state index in [4.69, 9.17) is 4.74 Å². The monoisotopic (exact) mass is 516 g/mol. The third kappa shape index (κ3) is 4.14. The topological polar surface area (TPSA) is 58.6 Å². The third-order valence-electron chi connectivity index (χ3n) is 8.54. The molecule has 2 aliphatic carbocycles. The maximum Gasteiger partial charge on any atom is 0.337 e. The molecule has 0 atom stereocenters. The summed E-state index contributed by atoms with van der Waals surface area (Å²) in [6.07, 6.45) is 6.01. The highest BCUT2D eigenvalue weighted by Gasteiger charge is 2.48. The molecule has 0 aromatic heterocycles. The number of carbonyl (C=O) groups is 2. The fourth-order valence-corrected chi connectivity index (χ4v) is 6.44. The second-order valence-corrected chi connectivity index (χ2v) is 10.9. The number of halogens is 2. The molecule has 2 saturated carbocycles. The average molecular weight is 517 g/mol. The highest BCUT2D eigenvalue weighted by atomic mass is 19.2. The fraction of sp³-hybridized carbons (Fsp3) is 0.355. The number of para-hydroxylation sites is 1. The Bertz CT molecular complexity index is 1410. The third-order valence-corrected chi connectivity index (χ3v) is 8.54. The molecule has 1 heterocycles. The Balaban J connectivity index is 1.32. The molecule has 6 rings (SSSR count). The highest BCUT2D eigenvalue weighted by molar-refractivity contribution is 6.02. The molecule has 3 aromatic rings. The lowest BCUT2D eigenvalue weighted by atomic mass is 9.80. The number of methoxy groups -OCH3 is 1. The van der Waals surface area contributed by atoms with Crippen LogP contribution in [0.1, 0.15) is 75.9 Å². The van der Waals surface area contributed by atoms with E-state index in [1.807, 2.05) is 24.3 Å². The van der Waals surface area contributed by atoms with Crippen LogP contribution >= 0.6 is 0 Å². The van der Waals surface area contributed by atoms with Gasteiger partial charge in [-0.15, -0.1) is 0 Å². The van der Waals surface area contributed by atoms with Crippen LogP contribution in [0.2, 0.25) is 0 Å². The number of nitrogens with zero attached hydrogens (tertiary/aromatic N) is 1. The zero-order valence-corrected chi connectivity index (χ0v) is 21.4. The first-order chi connectivity index (χ1) is 18.3. The van der Waals surface area contributed by atoms with Crippen molar-refractivity contribution in [1.82, 2.24) is 5.32 Å². The van der Waals surface area contributed by atoms with Gasteiger partial charge in [-0.1, -0.05) is 43.2 Å². The molecule has 1 spiro atoms. The van der Waals surface area contributed by atoms with Gasteiger partial charge in [0.1, 0.15) is 0 Å². The molecule has 5 nitrogen and oxygen atoms in total. The molecular weight excluding hydrogens is 486 g/mol. The smallest absolute Gasteiger partial charge is 0.337 e. The molecule has 1 amide bonds. The summed E-state index contributed by atoms with van der Waals surface area (Å²) >= 11 is 0. The van der Waals surface area contributed by atoms with Gasteiger partial charge < -0.3 is 15.0 Å². The maximum atomic E-state index is 14.0. The molecular formula is C31H30F2N2O3. The minimum absolute atomic E-state index is 0.0226. The van der Waals surface area contributed by atoms with E-state index in [-0.39, 0.29) is 11.3 Å². The van der Waals surface area contributed by atoms with E-state index < -0.39 is 23.1 Å². The van der Waals surface area contributed by atoms with Crippen molar-refractivity contribution in [3.8, 4) is 0 Å². The van der Waals surface area contributed by atoms with Crippen molar-refractivity contribution in [1.29, 1.82) is 0 Å². The van der Waals surface area contributed by atoms with Crippen LogP contribution in [0, 0.1) is 11.6 Å². The van der Waals surface area contributed by atoms with Gasteiger partial charge in [-0.25, -0.2) is 13.6 Å². The van der Waals surface area contributed by atoms with Gasteiger partial charge >= 0.3 is 5.97 Å². The van der Waals surface area contributed by atoms with Crippen LogP contribution in [0.3, 0.4) is 0 Å². The summed E-state index contributed by atoms with van der Waals surface area (Å²) in [6, 6.07) is 17.1. The Labute approximate surface area is 220 Å². The van der Waals surface area contributed by atoms with Crippen molar-refractivity contribution in [3.05, 3.63) is 100 Å². The molecule has 1 N–H and O–H groups in total. The number of anilines is 1. The summed E-state index contributed by atoms with van der Waals surface area (Å²) in [4.78, 5) is 27.8. The Morgan fingerprint density at radius 1 is 0.947 bits per heavy atom. The van der Waals surface area contributed by atoms with E-state index in [2.05, 4.69) is 16.3 Å². The number of fused-ring (bicyclic) bond motifs is 2. The standard InChI is InChI=1S/C31H30F2N2O3/c1-38-29(37)21-8-10-22(11-9-21)31(15-16-31)34-28(36)23-5-4-6-24-27(23)35(19-30(24)13-2-3-14-30)18-20-7-12-25(32)26(33)17-20/h4-12,17H,2-3,13-16,18-19H2,1H3,(H,34,36). The first-order valence-electron chi connectivity index (χ1n) is 13.2. The first kappa shape index (κ1) is 24.6. The van der Waals surface area contributed by atoms with Crippen molar-refractivity contribution < 1.29 is 23.1 Å². The normalized spacial score (nSPS) is 18.3. The second kappa shape index (κ2) is 9.22. The lowest BCUT2D eigenvalue weighted by Gasteiger charge is -2.26. The number of hydrogen-bond donors (Lipinski definition) is 1. The Hall–Kier alpha value is -3.74. The van der Waals surface area contributed by atoms with E-state index >= 15 is 0 Å². The largest absolute Gasteiger partial charge is 0.465 e. The SMILES string of the molecule is COC(=O)c1ccc(C2(NC(=O)c3cccc4c3N(Cc3ccc(F)c(F)c3)CC43CCCC3)CC2)cc1. The van der Waals surface area contributed by atoms with Gasteiger partial charge in [-0.3, -0.25) is 4.79 Å². The molecule has 38 heavy (non-hydrogen) atoms. The minimum Gasteiger partial charge on any atom is -0.465 e. The Morgan fingerprint density at radius 3 is 2.34 bits per heavy atom. The van der Waals surface area contributed by atoms with Gasteiger partial charge in [0.25, 0.3) is 5.91 Å². The van der Waals surface area contributed by atoms with E-state index in [1.54, 1.807) is 18.2 Å². The minimum atomic E-state index is -0.864. The summed E-state index contributed by atoms with van der Waals surface area (Å²) in [5.41, 5.74) is 4.28. The van der Waals surface area contributed by atoms with Crippen molar-refractivity contribution in [3.63, 3.8) is 0 Å². The molecule has 3 aromatic carbocycles.